The van der Waals surface area contributed by atoms with Crippen LogP contribution in [0.25, 0.3) is 11.1 Å². The first-order chi connectivity index (χ1) is 13.8. The van der Waals surface area contributed by atoms with Gasteiger partial charge in [-0.3, -0.25) is 0 Å². The van der Waals surface area contributed by atoms with Crippen LogP contribution in [0, 0.1) is 11.8 Å². The summed E-state index contributed by atoms with van der Waals surface area (Å²) in [7, 11) is 0. The summed E-state index contributed by atoms with van der Waals surface area (Å²) in [6.45, 7) is 2.43. The van der Waals surface area contributed by atoms with Gasteiger partial charge in [0.1, 0.15) is 0 Å². The van der Waals surface area contributed by atoms with Crippen LogP contribution >= 0.6 is 0 Å². The molecule has 3 aliphatic rings. The number of fused-ring (bicyclic) bond motifs is 3. The maximum atomic E-state index is 2.55. The molecule has 0 N–H and O–H groups in total. The predicted molar refractivity (Wildman–Crippen MR) is 120 cm³/mol. The Balaban J connectivity index is 1.35. The van der Waals surface area contributed by atoms with Gasteiger partial charge in [0.05, 0.1) is 0 Å². The summed E-state index contributed by atoms with van der Waals surface area (Å²) < 4.78 is 0. The highest BCUT2D eigenvalue weighted by Gasteiger charge is 2.27. The van der Waals surface area contributed by atoms with Crippen molar-refractivity contribution in [2.24, 2.45) is 11.8 Å². The van der Waals surface area contributed by atoms with Gasteiger partial charge < -0.3 is 0 Å². The summed E-state index contributed by atoms with van der Waals surface area (Å²) in [5, 5.41) is 0. The monoisotopic (exact) mass is 372 g/mol. The molecule has 5 rings (SSSR count). The number of benzene rings is 2. The van der Waals surface area contributed by atoms with Gasteiger partial charge >= 0.3 is 0 Å². The van der Waals surface area contributed by atoms with Gasteiger partial charge in [-0.25, -0.2) is 0 Å². The van der Waals surface area contributed by atoms with E-state index in [1.165, 1.54) is 88.2 Å². The molecule has 0 radical (unpaired) electrons. The highest BCUT2D eigenvalue weighted by molar-refractivity contribution is 5.79. The fraction of sp³-hybridized carbons (Fsp3) is 0.571. The lowest BCUT2D eigenvalue weighted by Crippen LogP contribution is -2.09. The van der Waals surface area contributed by atoms with E-state index in [0.717, 1.165) is 11.8 Å². The van der Waals surface area contributed by atoms with Gasteiger partial charge in [-0.2, -0.15) is 0 Å². The molecule has 0 heterocycles. The van der Waals surface area contributed by atoms with Gasteiger partial charge in [0.2, 0.25) is 0 Å². The molecule has 2 fully saturated rings. The molecule has 0 heteroatoms. The van der Waals surface area contributed by atoms with Crippen LogP contribution in [0.2, 0.25) is 0 Å². The maximum Gasteiger partial charge on any atom is 0.00735 e. The third kappa shape index (κ3) is 3.68. The standard InChI is InChI=1S/C28H36/c1-20-27-18-23(16-21-8-4-2-5-9-21)12-14-25(27)26-15-13-24(19-28(20)26)17-22-10-6-3-7-11-22/h12-15,18-22H,2-11,16-17H2,1H3. The van der Waals surface area contributed by atoms with Gasteiger partial charge in [-0.05, 0) is 58.1 Å². The number of rotatable bonds is 4. The Morgan fingerprint density at radius 3 is 1.46 bits per heavy atom. The SMILES string of the molecule is CC1c2cc(CC3CCCCC3)ccc2-c2ccc(CC3CCCCC3)cc21. The quantitative estimate of drug-likeness (QED) is 0.509. The molecule has 0 amide bonds. The second-order valence-corrected chi connectivity index (χ2v) is 9.98. The fourth-order valence-corrected chi connectivity index (χ4v) is 6.30. The zero-order chi connectivity index (χ0) is 18.9. The number of hydrogen-bond donors (Lipinski definition) is 0. The lowest BCUT2D eigenvalue weighted by molar-refractivity contribution is 0.356. The molecule has 2 saturated carbocycles. The third-order valence-corrected chi connectivity index (χ3v) is 7.95. The van der Waals surface area contributed by atoms with Crippen LogP contribution in [-0.2, 0) is 12.8 Å². The molecule has 0 aromatic heterocycles. The summed E-state index contributed by atoms with van der Waals surface area (Å²) in [4.78, 5) is 0. The highest BCUT2D eigenvalue weighted by atomic mass is 14.3. The van der Waals surface area contributed by atoms with E-state index in [0.29, 0.717) is 5.92 Å². The minimum atomic E-state index is 0.558. The minimum Gasteiger partial charge on any atom is -0.0584 e. The lowest BCUT2D eigenvalue weighted by atomic mass is 9.84. The summed E-state index contributed by atoms with van der Waals surface area (Å²) in [5.74, 6) is 2.41. The Labute approximate surface area is 171 Å². The molecule has 0 atom stereocenters. The predicted octanol–water partition coefficient (Wildman–Crippen LogP) is 8.06. The number of hydrogen-bond acceptors (Lipinski definition) is 0. The molecule has 0 saturated heterocycles. The van der Waals surface area contributed by atoms with Crippen LogP contribution in [-0.4, -0.2) is 0 Å². The Morgan fingerprint density at radius 1 is 0.607 bits per heavy atom. The van der Waals surface area contributed by atoms with Crippen molar-refractivity contribution >= 4 is 0 Å². The van der Waals surface area contributed by atoms with Crippen molar-refractivity contribution in [3.63, 3.8) is 0 Å². The van der Waals surface area contributed by atoms with Crippen LogP contribution < -0.4 is 0 Å². The van der Waals surface area contributed by atoms with Crippen molar-refractivity contribution in [1.82, 2.24) is 0 Å². The smallest absolute Gasteiger partial charge is 0.00735 e. The molecule has 0 spiro atoms. The Morgan fingerprint density at radius 2 is 1.04 bits per heavy atom. The van der Waals surface area contributed by atoms with E-state index in [1.807, 2.05) is 0 Å². The van der Waals surface area contributed by atoms with Crippen LogP contribution in [0.4, 0.5) is 0 Å². The second-order valence-electron chi connectivity index (χ2n) is 9.98. The van der Waals surface area contributed by atoms with Crippen molar-refractivity contribution in [1.29, 1.82) is 0 Å². The van der Waals surface area contributed by atoms with E-state index in [1.54, 1.807) is 22.3 Å². The van der Waals surface area contributed by atoms with Gasteiger partial charge in [0.15, 0.2) is 0 Å². The van der Waals surface area contributed by atoms with Crippen molar-refractivity contribution < 1.29 is 0 Å². The minimum absolute atomic E-state index is 0.558. The second kappa shape index (κ2) is 8.05. The maximum absolute atomic E-state index is 2.55. The fourth-order valence-electron chi connectivity index (χ4n) is 6.30. The molecule has 0 aliphatic heterocycles. The molecule has 2 aromatic carbocycles. The van der Waals surface area contributed by atoms with Gasteiger partial charge in [0.25, 0.3) is 0 Å². The molecule has 148 valence electrons. The van der Waals surface area contributed by atoms with E-state index in [-0.39, 0.29) is 0 Å². The van der Waals surface area contributed by atoms with Crippen molar-refractivity contribution in [3.8, 4) is 11.1 Å². The molecule has 0 bridgehead atoms. The third-order valence-electron chi connectivity index (χ3n) is 7.95. The van der Waals surface area contributed by atoms with Gasteiger partial charge in [-0.1, -0.05) is 108 Å². The Hall–Kier alpha value is -1.56. The molecule has 2 aromatic rings. The first kappa shape index (κ1) is 18.5. The van der Waals surface area contributed by atoms with E-state index in [9.17, 15) is 0 Å². The van der Waals surface area contributed by atoms with Crippen molar-refractivity contribution in [2.75, 3.05) is 0 Å². The van der Waals surface area contributed by atoms with Crippen LogP contribution in [0.3, 0.4) is 0 Å². The van der Waals surface area contributed by atoms with Crippen LogP contribution in [0.15, 0.2) is 36.4 Å². The van der Waals surface area contributed by atoms with Crippen molar-refractivity contribution in [3.05, 3.63) is 58.7 Å². The zero-order valence-electron chi connectivity index (χ0n) is 17.7. The molecular formula is C28H36. The van der Waals surface area contributed by atoms with E-state index < -0.39 is 0 Å². The highest BCUT2D eigenvalue weighted by Crippen LogP contribution is 2.46. The first-order valence-corrected chi connectivity index (χ1v) is 12.0. The molecule has 0 nitrogen and oxygen atoms in total. The molecule has 3 aliphatic carbocycles. The zero-order valence-corrected chi connectivity index (χ0v) is 17.7. The average Bonchev–Trinajstić information content (AvgIpc) is 3.01. The summed E-state index contributed by atoms with van der Waals surface area (Å²) in [6.07, 6.45) is 17.0. The summed E-state index contributed by atoms with van der Waals surface area (Å²) in [6, 6.07) is 14.8. The lowest BCUT2D eigenvalue weighted by Gasteiger charge is -2.22. The first-order valence-electron chi connectivity index (χ1n) is 12.0. The summed E-state index contributed by atoms with van der Waals surface area (Å²) >= 11 is 0. The largest absolute Gasteiger partial charge is 0.0584 e. The van der Waals surface area contributed by atoms with Crippen LogP contribution in [0.5, 0.6) is 0 Å². The Kier molecular flexibility index (Phi) is 5.31. The topological polar surface area (TPSA) is 0 Å². The van der Waals surface area contributed by atoms with E-state index in [4.69, 9.17) is 0 Å². The molecular weight excluding hydrogens is 336 g/mol. The van der Waals surface area contributed by atoms with Crippen molar-refractivity contribution in [2.45, 2.75) is 89.9 Å². The van der Waals surface area contributed by atoms with Crippen LogP contribution in [0.1, 0.15) is 99.3 Å². The van der Waals surface area contributed by atoms with Gasteiger partial charge in [0, 0.05) is 5.92 Å². The Bertz CT molecular complexity index is 748. The van der Waals surface area contributed by atoms with E-state index >= 15 is 0 Å². The average molecular weight is 373 g/mol. The normalized spacial score (nSPS) is 20.9. The summed E-state index contributed by atoms with van der Waals surface area (Å²) in [5.41, 5.74) is 9.31. The van der Waals surface area contributed by atoms with Gasteiger partial charge in [-0.15, -0.1) is 0 Å². The molecule has 28 heavy (non-hydrogen) atoms. The van der Waals surface area contributed by atoms with E-state index in [2.05, 4.69) is 43.3 Å². The molecule has 0 unspecified atom stereocenters.